The minimum Gasteiger partial charge on any atom is -0.352 e. The molecule has 32 heavy (non-hydrogen) atoms. The fourth-order valence-corrected chi connectivity index (χ4v) is 3.64. The van der Waals surface area contributed by atoms with Crippen LogP contribution in [0.3, 0.4) is 0 Å². The van der Waals surface area contributed by atoms with E-state index >= 15 is 0 Å². The lowest BCUT2D eigenvalue weighted by Crippen LogP contribution is -2.28. The summed E-state index contributed by atoms with van der Waals surface area (Å²) in [5, 5.41) is 7.36. The molecule has 4 rings (SSSR count). The van der Waals surface area contributed by atoms with E-state index in [4.69, 9.17) is 0 Å². The highest BCUT2D eigenvalue weighted by molar-refractivity contribution is 5.97. The second-order valence-corrected chi connectivity index (χ2v) is 7.70. The van der Waals surface area contributed by atoms with Crippen LogP contribution in [0, 0.1) is 5.82 Å². The normalized spacial score (nSPS) is 11.1. The van der Waals surface area contributed by atoms with Gasteiger partial charge in [0.05, 0.1) is 11.9 Å². The van der Waals surface area contributed by atoms with Crippen LogP contribution in [0.25, 0.3) is 11.5 Å². The van der Waals surface area contributed by atoms with Gasteiger partial charge in [0.15, 0.2) is 5.82 Å². The van der Waals surface area contributed by atoms with Crippen LogP contribution in [0.5, 0.6) is 0 Å². The first kappa shape index (κ1) is 21.5. The number of nitrogens with zero attached hydrogens (tertiary/aromatic N) is 4. The van der Waals surface area contributed by atoms with Gasteiger partial charge in [0.2, 0.25) is 0 Å². The summed E-state index contributed by atoms with van der Waals surface area (Å²) in [6.07, 6.45) is 6.02. The third-order valence-electron chi connectivity index (χ3n) is 5.19. The summed E-state index contributed by atoms with van der Waals surface area (Å²) in [6, 6.07) is 20.2. The molecule has 0 fully saturated rings. The van der Waals surface area contributed by atoms with Crippen molar-refractivity contribution in [3.63, 3.8) is 0 Å². The number of carbonyl (C=O) groups excluding carboxylic acids is 1. The number of hydrogen-bond donors (Lipinski definition) is 1. The lowest BCUT2D eigenvalue weighted by molar-refractivity contribution is 0.0952. The van der Waals surface area contributed by atoms with Crippen LogP contribution in [0.4, 0.5) is 4.39 Å². The fourth-order valence-electron chi connectivity index (χ4n) is 3.64. The summed E-state index contributed by atoms with van der Waals surface area (Å²) < 4.78 is 17.2. The Hall–Kier alpha value is -3.71. The highest BCUT2D eigenvalue weighted by Crippen LogP contribution is 2.20. The molecule has 2 aromatic carbocycles. The molecule has 0 spiro atoms. The summed E-state index contributed by atoms with van der Waals surface area (Å²) in [5.41, 5.74) is 2.25. The SMILES string of the molecule is CN(CCCNC(=O)c1cnn(-c2cccc(F)c2)c1-n1cccc1)Cc1ccccc1. The van der Waals surface area contributed by atoms with Gasteiger partial charge in [-0.3, -0.25) is 4.79 Å². The zero-order chi connectivity index (χ0) is 22.3. The Kier molecular flexibility index (Phi) is 6.77. The van der Waals surface area contributed by atoms with Crippen molar-refractivity contribution < 1.29 is 9.18 Å². The molecule has 0 radical (unpaired) electrons. The molecule has 1 N–H and O–H groups in total. The number of nitrogens with one attached hydrogen (secondary N) is 1. The van der Waals surface area contributed by atoms with Crippen molar-refractivity contribution in [3.05, 3.63) is 102 Å². The molecular weight excluding hydrogens is 405 g/mol. The first-order valence-electron chi connectivity index (χ1n) is 10.6. The summed E-state index contributed by atoms with van der Waals surface area (Å²) in [4.78, 5) is 15.2. The van der Waals surface area contributed by atoms with Crippen molar-refractivity contribution in [3.8, 4) is 11.5 Å². The second-order valence-electron chi connectivity index (χ2n) is 7.70. The summed E-state index contributed by atoms with van der Waals surface area (Å²) in [7, 11) is 2.07. The average molecular weight is 432 g/mol. The number of amides is 1. The molecule has 6 nitrogen and oxygen atoms in total. The minimum absolute atomic E-state index is 0.206. The minimum atomic E-state index is -0.359. The maximum Gasteiger partial charge on any atom is 0.256 e. The third kappa shape index (κ3) is 5.12. The largest absolute Gasteiger partial charge is 0.352 e. The maximum atomic E-state index is 13.8. The predicted octanol–water partition coefficient (Wildman–Crippen LogP) is 4.05. The van der Waals surface area contributed by atoms with Gasteiger partial charge in [0, 0.05) is 25.5 Å². The number of halogens is 1. The van der Waals surface area contributed by atoms with E-state index in [9.17, 15) is 9.18 Å². The third-order valence-corrected chi connectivity index (χ3v) is 5.19. The summed E-state index contributed by atoms with van der Waals surface area (Å²) in [6.45, 7) is 2.28. The van der Waals surface area contributed by atoms with Gasteiger partial charge >= 0.3 is 0 Å². The molecule has 0 aliphatic heterocycles. The maximum absolute atomic E-state index is 13.8. The molecule has 0 aliphatic rings. The smallest absolute Gasteiger partial charge is 0.256 e. The van der Waals surface area contributed by atoms with E-state index in [2.05, 4.69) is 34.5 Å². The number of aromatic nitrogens is 3. The Morgan fingerprint density at radius 1 is 1.06 bits per heavy atom. The van der Waals surface area contributed by atoms with Crippen LogP contribution < -0.4 is 5.32 Å². The van der Waals surface area contributed by atoms with Gasteiger partial charge in [0.25, 0.3) is 5.91 Å². The quantitative estimate of drug-likeness (QED) is 0.407. The standard InChI is InChI=1S/C25H26FN5O/c1-29(19-20-9-3-2-4-10-20)14-8-13-27-24(32)23-18-28-31(22-12-7-11-21(26)17-22)25(23)30-15-5-6-16-30/h2-7,9-12,15-18H,8,13-14,19H2,1H3,(H,27,32). The molecule has 4 aromatic rings. The van der Waals surface area contributed by atoms with Gasteiger partial charge in [-0.2, -0.15) is 5.10 Å². The number of carbonyl (C=O) groups is 1. The van der Waals surface area contributed by atoms with Gasteiger partial charge in [-0.1, -0.05) is 36.4 Å². The molecule has 7 heteroatoms. The van der Waals surface area contributed by atoms with E-state index in [0.29, 0.717) is 23.6 Å². The molecule has 0 aliphatic carbocycles. The first-order valence-corrected chi connectivity index (χ1v) is 10.6. The van der Waals surface area contributed by atoms with Crippen LogP contribution in [-0.2, 0) is 6.54 Å². The highest BCUT2D eigenvalue weighted by atomic mass is 19.1. The van der Waals surface area contributed by atoms with Crippen LogP contribution in [0.1, 0.15) is 22.3 Å². The molecular formula is C25H26FN5O. The Morgan fingerprint density at radius 3 is 2.59 bits per heavy atom. The Morgan fingerprint density at radius 2 is 1.84 bits per heavy atom. The topological polar surface area (TPSA) is 55.1 Å². The zero-order valence-corrected chi connectivity index (χ0v) is 18.0. The first-order chi connectivity index (χ1) is 15.6. The van der Waals surface area contributed by atoms with E-state index in [-0.39, 0.29) is 11.7 Å². The molecule has 0 saturated heterocycles. The fraction of sp³-hybridized carbons (Fsp3) is 0.200. The molecule has 0 saturated carbocycles. The number of hydrogen-bond acceptors (Lipinski definition) is 3. The van der Waals surface area contributed by atoms with E-state index in [1.165, 1.54) is 23.9 Å². The lowest BCUT2D eigenvalue weighted by atomic mass is 10.2. The monoisotopic (exact) mass is 431 g/mol. The van der Waals surface area contributed by atoms with Crippen LogP contribution in [0.15, 0.2) is 85.3 Å². The summed E-state index contributed by atoms with van der Waals surface area (Å²) in [5.74, 6) is 0.00319. The molecule has 0 bridgehead atoms. The highest BCUT2D eigenvalue weighted by Gasteiger charge is 2.20. The van der Waals surface area contributed by atoms with Crippen LogP contribution in [0.2, 0.25) is 0 Å². The number of benzene rings is 2. The Labute approximate surface area is 186 Å². The molecule has 0 unspecified atom stereocenters. The molecule has 1 amide bonds. The van der Waals surface area contributed by atoms with E-state index < -0.39 is 0 Å². The molecule has 164 valence electrons. The van der Waals surface area contributed by atoms with Gasteiger partial charge in [-0.15, -0.1) is 0 Å². The van der Waals surface area contributed by atoms with Crippen LogP contribution in [-0.4, -0.2) is 45.3 Å². The van der Waals surface area contributed by atoms with Crippen molar-refractivity contribution in [2.45, 2.75) is 13.0 Å². The van der Waals surface area contributed by atoms with E-state index in [0.717, 1.165) is 19.5 Å². The van der Waals surface area contributed by atoms with Gasteiger partial charge in [0.1, 0.15) is 11.4 Å². The van der Waals surface area contributed by atoms with Crippen molar-refractivity contribution in [2.24, 2.45) is 0 Å². The average Bonchev–Trinajstić information content (AvgIpc) is 3.47. The predicted molar refractivity (Wildman–Crippen MR) is 123 cm³/mol. The van der Waals surface area contributed by atoms with Crippen molar-refractivity contribution in [2.75, 3.05) is 20.1 Å². The van der Waals surface area contributed by atoms with Gasteiger partial charge in [-0.05, 0) is 55.9 Å². The van der Waals surface area contributed by atoms with Gasteiger partial charge < -0.3 is 14.8 Å². The van der Waals surface area contributed by atoms with Gasteiger partial charge in [-0.25, -0.2) is 9.07 Å². The molecule has 2 aromatic heterocycles. The van der Waals surface area contributed by atoms with Crippen LogP contribution >= 0.6 is 0 Å². The number of rotatable bonds is 9. The zero-order valence-electron chi connectivity index (χ0n) is 18.0. The lowest BCUT2D eigenvalue weighted by Gasteiger charge is -2.17. The Balaban J connectivity index is 1.41. The van der Waals surface area contributed by atoms with Crippen molar-refractivity contribution in [1.29, 1.82) is 0 Å². The second kappa shape index (κ2) is 10.1. The summed E-state index contributed by atoms with van der Waals surface area (Å²) >= 11 is 0. The van der Waals surface area contributed by atoms with E-state index in [1.54, 1.807) is 21.4 Å². The van der Waals surface area contributed by atoms with Crippen molar-refractivity contribution >= 4 is 5.91 Å². The van der Waals surface area contributed by atoms with Crippen molar-refractivity contribution in [1.82, 2.24) is 24.6 Å². The molecule has 2 heterocycles. The molecule has 0 atom stereocenters. The Bertz CT molecular complexity index is 1150. The van der Waals surface area contributed by atoms with E-state index in [1.807, 2.05) is 42.7 Å².